The van der Waals surface area contributed by atoms with Crippen LogP contribution in [0.25, 0.3) is 0 Å². The van der Waals surface area contributed by atoms with E-state index >= 15 is 0 Å². The van der Waals surface area contributed by atoms with Crippen molar-refractivity contribution in [1.82, 2.24) is 10.3 Å². The molecule has 1 heterocycles. The van der Waals surface area contributed by atoms with Gasteiger partial charge in [0.15, 0.2) is 0 Å². The number of aliphatic hydroxyl groups is 1. The number of hydrogen-bond acceptors (Lipinski definition) is 3. The van der Waals surface area contributed by atoms with Crippen molar-refractivity contribution in [3.05, 3.63) is 26.9 Å². The van der Waals surface area contributed by atoms with Gasteiger partial charge in [-0.25, -0.2) is 0 Å². The molecule has 3 nitrogen and oxygen atoms in total. The van der Waals surface area contributed by atoms with Crippen molar-refractivity contribution in [2.75, 3.05) is 6.61 Å². The predicted octanol–water partition coefficient (Wildman–Crippen LogP) is 2.08. The summed E-state index contributed by atoms with van der Waals surface area (Å²) in [6.45, 7) is 2.70. The minimum atomic E-state index is 0.0901. The molecule has 0 spiro atoms. The molecule has 0 aliphatic carbocycles. The molecule has 1 atom stereocenters. The third-order valence-electron chi connectivity index (χ3n) is 1.78. The fourth-order valence-corrected chi connectivity index (χ4v) is 2.04. The summed E-state index contributed by atoms with van der Waals surface area (Å²) in [5, 5.41) is 12.0. The number of halogens is 2. The summed E-state index contributed by atoms with van der Waals surface area (Å²) in [6.07, 6.45) is 1.76. The Kier molecular flexibility index (Phi) is 5.01. The van der Waals surface area contributed by atoms with E-state index in [-0.39, 0.29) is 12.6 Å². The summed E-state index contributed by atoms with van der Waals surface area (Å²) in [5.74, 6) is 0. The number of aromatic nitrogens is 1. The molecule has 0 saturated carbocycles. The molecule has 0 amide bonds. The maximum Gasteiger partial charge on any atom is 0.0684 e. The van der Waals surface area contributed by atoms with Gasteiger partial charge >= 0.3 is 0 Å². The van der Waals surface area contributed by atoms with Crippen LogP contribution in [0.4, 0.5) is 0 Å². The van der Waals surface area contributed by atoms with Gasteiger partial charge in [0, 0.05) is 27.7 Å². The minimum Gasteiger partial charge on any atom is -0.395 e. The molecule has 0 aliphatic rings. The van der Waals surface area contributed by atoms with E-state index in [0.717, 1.165) is 14.6 Å². The molecular formula is C9H12Br2N2O. The van der Waals surface area contributed by atoms with Gasteiger partial charge < -0.3 is 10.4 Å². The number of pyridine rings is 1. The van der Waals surface area contributed by atoms with Gasteiger partial charge in [-0.1, -0.05) is 0 Å². The maximum atomic E-state index is 8.82. The lowest BCUT2D eigenvalue weighted by atomic mass is 10.3. The summed E-state index contributed by atoms with van der Waals surface area (Å²) < 4.78 is 1.91. The van der Waals surface area contributed by atoms with Gasteiger partial charge in [-0.3, -0.25) is 4.98 Å². The molecule has 1 aromatic rings. The second kappa shape index (κ2) is 5.80. The number of nitrogens with one attached hydrogen (secondary N) is 1. The zero-order chi connectivity index (χ0) is 10.6. The summed E-state index contributed by atoms with van der Waals surface area (Å²) in [6, 6.07) is 2.04. The van der Waals surface area contributed by atoms with Gasteiger partial charge in [0.1, 0.15) is 0 Å². The van der Waals surface area contributed by atoms with Gasteiger partial charge in [-0.2, -0.15) is 0 Å². The highest BCUT2D eigenvalue weighted by Crippen LogP contribution is 2.19. The second-order valence-electron chi connectivity index (χ2n) is 3.05. The molecule has 0 saturated heterocycles. The van der Waals surface area contributed by atoms with Crippen molar-refractivity contribution in [1.29, 1.82) is 0 Å². The molecular weight excluding hydrogens is 312 g/mol. The number of nitrogens with zero attached hydrogens (tertiary/aromatic N) is 1. The second-order valence-corrected chi connectivity index (χ2v) is 4.82. The molecule has 0 aliphatic heterocycles. The van der Waals surface area contributed by atoms with Crippen molar-refractivity contribution in [3.8, 4) is 0 Å². The standard InChI is InChI=1S/C9H12Br2N2O/c1-6(5-14)12-4-9-8(11)2-7(10)3-13-9/h2-3,6,12,14H,4-5H2,1H3. The highest BCUT2D eigenvalue weighted by atomic mass is 79.9. The maximum absolute atomic E-state index is 8.82. The van der Waals surface area contributed by atoms with Crippen LogP contribution in [0.15, 0.2) is 21.2 Å². The molecule has 2 N–H and O–H groups in total. The van der Waals surface area contributed by atoms with Crippen LogP contribution in [-0.4, -0.2) is 22.7 Å². The van der Waals surface area contributed by atoms with Crippen LogP contribution in [-0.2, 0) is 6.54 Å². The normalized spacial score (nSPS) is 12.9. The number of aliphatic hydroxyl groups excluding tert-OH is 1. The molecule has 78 valence electrons. The van der Waals surface area contributed by atoms with E-state index in [0.29, 0.717) is 6.54 Å². The van der Waals surface area contributed by atoms with Gasteiger partial charge in [-0.15, -0.1) is 0 Å². The fourth-order valence-electron chi connectivity index (χ4n) is 0.908. The lowest BCUT2D eigenvalue weighted by molar-refractivity contribution is 0.250. The zero-order valence-corrected chi connectivity index (χ0v) is 11.0. The average Bonchev–Trinajstić information content (AvgIpc) is 2.16. The summed E-state index contributed by atoms with van der Waals surface area (Å²) >= 11 is 6.76. The monoisotopic (exact) mass is 322 g/mol. The van der Waals surface area contributed by atoms with Crippen LogP contribution in [0.5, 0.6) is 0 Å². The number of hydrogen-bond donors (Lipinski definition) is 2. The topological polar surface area (TPSA) is 45.1 Å². The Labute approximate surface area is 100 Å². The third-order valence-corrected chi connectivity index (χ3v) is 2.90. The fraction of sp³-hybridized carbons (Fsp3) is 0.444. The largest absolute Gasteiger partial charge is 0.395 e. The molecule has 0 aromatic carbocycles. The van der Waals surface area contributed by atoms with E-state index in [9.17, 15) is 0 Å². The first kappa shape index (κ1) is 12.1. The Morgan fingerprint density at radius 3 is 2.86 bits per heavy atom. The van der Waals surface area contributed by atoms with E-state index in [1.165, 1.54) is 0 Å². The van der Waals surface area contributed by atoms with Crippen LogP contribution in [0.1, 0.15) is 12.6 Å². The predicted molar refractivity (Wildman–Crippen MR) is 63.0 cm³/mol. The Hall–Kier alpha value is 0.0300. The first-order chi connectivity index (χ1) is 6.63. The SMILES string of the molecule is CC(CO)NCc1ncc(Br)cc1Br. The molecule has 0 bridgehead atoms. The number of rotatable bonds is 4. The highest BCUT2D eigenvalue weighted by Gasteiger charge is 2.04. The van der Waals surface area contributed by atoms with Crippen molar-refractivity contribution >= 4 is 31.9 Å². The lowest BCUT2D eigenvalue weighted by Gasteiger charge is -2.10. The van der Waals surface area contributed by atoms with E-state index < -0.39 is 0 Å². The van der Waals surface area contributed by atoms with E-state index in [1.54, 1.807) is 6.20 Å². The molecule has 14 heavy (non-hydrogen) atoms. The van der Waals surface area contributed by atoms with Gasteiger partial charge in [0.05, 0.1) is 12.3 Å². The van der Waals surface area contributed by atoms with E-state index in [4.69, 9.17) is 5.11 Å². The van der Waals surface area contributed by atoms with Gasteiger partial charge in [-0.05, 0) is 44.8 Å². The quantitative estimate of drug-likeness (QED) is 0.891. The average molecular weight is 324 g/mol. The van der Waals surface area contributed by atoms with Crippen molar-refractivity contribution < 1.29 is 5.11 Å². The molecule has 0 fully saturated rings. The van der Waals surface area contributed by atoms with E-state index in [2.05, 4.69) is 42.2 Å². The molecule has 1 unspecified atom stereocenters. The Morgan fingerprint density at radius 1 is 1.57 bits per heavy atom. The lowest BCUT2D eigenvalue weighted by Crippen LogP contribution is -2.29. The van der Waals surface area contributed by atoms with Crippen LogP contribution < -0.4 is 5.32 Å². The van der Waals surface area contributed by atoms with Crippen LogP contribution >= 0.6 is 31.9 Å². The first-order valence-electron chi connectivity index (χ1n) is 4.27. The highest BCUT2D eigenvalue weighted by molar-refractivity contribution is 9.11. The van der Waals surface area contributed by atoms with Crippen LogP contribution in [0.3, 0.4) is 0 Å². The minimum absolute atomic E-state index is 0.0901. The Morgan fingerprint density at radius 2 is 2.29 bits per heavy atom. The van der Waals surface area contributed by atoms with E-state index in [1.807, 2.05) is 13.0 Å². The Balaban J connectivity index is 2.59. The molecule has 0 radical (unpaired) electrons. The van der Waals surface area contributed by atoms with Crippen LogP contribution in [0.2, 0.25) is 0 Å². The van der Waals surface area contributed by atoms with Crippen LogP contribution in [0, 0.1) is 0 Å². The van der Waals surface area contributed by atoms with Crippen molar-refractivity contribution in [2.45, 2.75) is 19.5 Å². The smallest absolute Gasteiger partial charge is 0.0684 e. The summed E-state index contributed by atoms with van der Waals surface area (Å²) in [7, 11) is 0. The van der Waals surface area contributed by atoms with Crippen molar-refractivity contribution in [2.24, 2.45) is 0 Å². The Bertz CT molecular complexity index is 307. The molecule has 5 heteroatoms. The van der Waals surface area contributed by atoms with Gasteiger partial charge in [0.2, 0.25) is 0 Å². The first-order valence-corrected chi connectivity index (χ1v) is 5.86. The van der Waals surface area contributed by atoms with Crippen molar-refractivity contribution in [3.63, 3.8) is 0 Å². The zero-order valence-electron chi connectivity index (χ0n) is 7.80. The molecule has 1 rings (SSSR count). The summed E-state index contributed by atoms with van der Waals surface area (Å²) in [5.41, 5.74) is 0.938. The van der Waals surface area contributed by atoms with Gasteiger partial charge in [0.25, 0.3) is 0 Å². The third kappa shape index (κ3) is 3.65. The molecule has 1 aromatic heterocycles. The summed E-state index contributed by atoms with van der Waals surface area (Å²) in [4.78, 5) is 4.25.